The van der Waals surface area contributed by atoms with Crippen molar-refractivity contribution >= 4 is 28.4 Å². The molecular weight excluding hydrogens is 390 g/mol. The maximum Gasteiger partial charge on any atom is 0.254 e. The molecule has 1 aliphatic heterocycles. The molecule has 4 rings (SSSR count). The molecule has 0 unspecified atom stereocenters. The predicted octanol–water partition coefficient (Wildman–Crippen LogP) is 3.89. The van der Waals surface area contributed by atoms with Gasteiger partial charge in [0.25, 0.3) is 5.91 Å². The molecule has 1 aliphatic rings. The second-order valence-electron chi connectivity index (χ2n) is 8.27. The van der Waals surface area contributed by atoms with Crippen molar-refractivity contribution in [2.45, 2.75) is 19.8 Å². The Morgan fingerprint density at radius 1 is 1.13 bits per heavy atom. The number of carbonyl (C=O) groups is 1. The van der Waals surface area contributed by atoms with Crippen LogP contribution in [0.15, 0.2) is 42.6 Å². The summed E-state index contributed by atoms with van der Waals surface area (Å²) in [4.78, 5) is 26.4. The molecule has 1 fully saturated rings. The Morgan fingerprint density at radius 3 is 2.61 bits per heavy atom. The second kappa shape index (κ2) is 8.89. The Morgan fingerprint density at radius 2 is 1.90 bits per heavy atom. The number of nitrogens with one attached hydrogen (secondary N) is 1. The zero-order chi connectivity index (χ0) is 22.0. The number of piperazine rings is 1. The van der Waals surface area contributed by atoms with Crippen LogP contribution in [0.4, 0.5) is 11.6 Å². The van der Waals surface area contributed by atoms with Gasteiger partial charge in [-0.15, -0.1) is 0 Å². The number of hydrogen-bond donors (Lipinski definition) is 1. The van der Waals surface area contributed by atoms with E-state index in [1.165, 1.54) is 5.56 Å². The molecule has 0 radical (unpaired) electrons. The highest BCUT2D eigenvalue weighted by Gasteiger charge is 2.21. The fraction of sp³-hybridized carbons (Fsp3) is 0.375. The number of hydrogen-bond acceptors (Lipinski definition) is 6. The highest BCUT2D eigenvalue weighted by Crippen LogP contribution is 2.30. The van der Waals surface area contributed by atoms with Crippen LogP contribution >= 0.6 is 0 Å². The van der Waals surface area contributed by atoms with E-state index in [1.807, 2.05) is 41.4 Å². The number of anilines is 2. The van der Waals surface area contributed by atoms with Crippen molar-refractivity contribution in [3.63, 3.8) is 0 Å². The number of rotatable bonds is 5. The van der Waals surface area contributed by atoms with Crippen LogP contribution in [-0.2, 0) is 0 Å². The molecule has 7 nitrogen and oxygen atoms in total. The molecular formula is C24H29N5O2. The number of methoxy groups -OCH3 is 1. The third kappa shape index (κ3) is 4.46. The van der Waals surface area contributed by atoms with Gasteiger partial charge in [-0.05, 0) is 36.7 Å². The zero-order valence-electron chi connectivity index (χ0n) is 18.6. The standard InChI is InChI=1S/C24H29N5O2/c1-16(2)19-7-5-6-18-15-25-24(27-22(18)19)26-20-14-17(8-9-21(20)31-4)23(30)29-12-10-28(3)11-13-29/h5-9,14-16H,10-13H2,1-4H3,(H,25,26,27). The molecule has 162 valence electrons. The van der Waals surface area contributed by atoms with E-state index in [0.29, 0.717) is 28.9 Å². The SMILES string of the molecule is COc1ccc(C(=O)N2CCN(C)CC2)cc1Nc1ncc2cccc(C(C)C)c2n1. The second-order valence-corrected chi connectivity index (χ2v) is 8.27. The van der Waals surface area contributed by atoms with Crippen LogP contribution < -0.4 is 10.1 Å². The number of nitrogens with zero attached hydrogens (tertiary/aromatic N) is 4. The van der Waals surface area contributed by atoms with E-state index < -0.39 is 0 Å². The Hall–Kier alpha value is -3.19. The van der Waals surface area contributed by atoms with Crippen molar-refractivity contribution in [3.8, 4) is 5.75 Å². The molecule has 0 bridgehead atoms. The van der Waals surface area contributed by atoms with Gasteiger partial charge in [0.1, 0.15) is 5.75 Å². The summed E-state index contributed by atoms with van der Waals surface area (Å²) in [6, 6.07) is 11.6. The summed E-state index contributed by atoms with van der Waals surface area (Å²) < 4.78 is 5.51. The van der Waals surface area contributed by atoms with Crippen molar-refractivity contribution in [1.82, 2.24) is 19.8 Å². The minimum absolute atomic E-state index is 0.0281. The van der Waals surface area contributed by atoms with Gasteiger partial charge in [0.2, 0.25) is 5.95 Å². The first-order chi connectivity index (χ1) is 15.0. The number of fused-ring (bicyclic) bond motifs is 1. The minimum Gasteiger partial charge on any atom is -0.495 e. The van der Waals surface area contributed by atoms with E-state index in [0.717, 1.165) is 37.1 Å². The van der Waals surface area contributed by atoms with Crippen LogP contribution in [0.25, 0.3) is 10.9 Å². The molecule has 1 saturated heterocycles. The number of carbonyl (C=O) groups excluding carboxylic acids is 1. The largest absolute Gasteiger partial charge is 0.495 e. The van der Waals surface area contributed by atoms with Crippen molar-refractivity contribution in [2.24, 2.45) is 0 Å². The van der Waals surface area contributed by atoms with E-state index in [1.54, 1.807) is 7.11 Å². The topological polar surface area (TPSA) is 70.6 Å². The lowest BCUT2D eigenvalue weighted by Gasteiger charge is -2.32. The average molecular weight is 420 g/mol. The fourth-order valence-corrected chi connectivity index (χ4v) is 3.86. The van der Waals surface area contributed by atoms with Crippen LogP contribution in [-0.4, -0.2) is 66.0 Å². The summed E-state index contributed by atoms with van der Waals surface area (Å²) in [6.07, 6.45) is 1.82. The average Bonchev–Trinajstić information content (AvgIpc) is 2.78. The van der Waals surface area contributed by atoms with Gasteiger partial charge < -0.3 is 19.9 Å². The number of ether oxygens (including phenoxy) is 1. The van der Waals surface area contributed by atoms with Crippen LogP contribution in [0.1, 0.15) is 35.7 Å². The van der Waals surface area contributed by atoms with Gasteiger partial charge in [0.05, 0.1) is 18.3 Å². The number of amides is 1. The van der Waals surface area contributed by atoms with Gasteiger partial charge in [-0.25, -0.2) is 9.97 Å². The van der Waals surface area contributed by atoms with Crippen molar-refractivity contribution in [2.75, 3.05) is 45.7 Å². The van der Waals surface area contributed by atoms with E-state index in [9.17, 15) is 4.79 Å². The molecule has 7 heteroatoms. The number of benzene rings is 2. The molecule has 1 amide bonds. The lowest BCUT2D eigenvalue weighted by molar-refractivity contribution is 0.0664. The monoisotopic (exact) mass is 419 g/mol. The maximum absolute atomic E-state index is 13.0. The molecule has 3 aromatic rings. The van der Waals surface area contributed by atoms with E-state index in [2.05, 4.69) is 42.2 Å². The van der Waals surface area contributed by atoms with Crippen LogP contribution in [0, 0.1) is 0 Å². The Labute approximate surface area is 183 Å². The highest BCUT2D eigenvalue weighted by atomic mass is 16.5. The molecule has 31 heavy (non-hydrogen) atoms. The van der Waals surface area contributed by atoms with Gasteiger partial charge in [0.15, 0.2) is 0 Å². The summed E-state index contributed by atoms with van der Waals surface area (Å²) in [5, 5.41) is 4.26. The normalized spacial score (nSPS) is 14.8. The molecule has 1 N–H and O–H groups in total. The van der Waals surface area contributed by atoms with Gasteiger partial charge in [-0.2, -0.15) is 0 Å². The molecule has 2 aromatic carbocycles. The Kier molecular flexibility index (Phi) is 6.04. The van der Waals surface area contributed by atoms with E-state index >= 15 is 0 Å². The molecule has 2 heterocycles. The maximum atomic E-state index is 13.0. The van der Waals surface area contributed by atoms with E-state index in [4.69, 9.17) is 9.72 Å². The van der Waals surface area contributed by atoms with Gasteiger partial charge in [-0.3, -0.25) is 4.79 Å². The number of likely N-dealkylation sites (N-methyl/N-ethyl adjacent to an activating group) is 1. The first-order valence-corrected chi connectivity index (χ1v) is 10.6. The molecule has 0 atom stereocenters. The van der Waals surface area contributed by atoms with Crippen molar-refractivity contribution in [3.05, 3.63) is 53.7 Å². The minimum atomic E-state index is 0.0281. The van der Waals surface area contributed by atoms with Gasteiger partial charge in [-0.1, -0.05) is 32.0 Å². The number of aromatic nitrogens is 2. The van der Waals surface area contributed by atoms with E-state index in [-0.39, 0.29) is 5.91 Å². The lowest BCUT2D eigenvalue weighted by Crippen LogP contribution is -2.47. The Balaban J connectivity index is 1.64. The van der Waals surface area contributed by atoms with Crippen LogP contribution in [0.2, 0.25) is 0 Å². The van der Waals surface area contributed by atoms with Crippen molar-refractivity contribution < 1.29 is 9.53 Å². The van der Waals surface area contributed by atoms with Gasteiger partial charge in [0, 0.05) is 43.3 Å². The Bertz CT molecular complexity index is 1090. The van der Waals surface area contributed by atoms with Gasteiger partial charge >= 0.3 is 0 Å². The number of para-hydroxylation sites is 1. The highest BCUT2D eigenvalue weighted by molar-refractivity contribution is 5.96. The summed E-state index contributed by atoms with van der Waals surface area (Å²) >= 11 is 0. The third-order valence-corrected chi connectivity index (χ3v) is 5.75. The van der Waals surface area contributed by atoms with Crippen molar-refractivity contribution in [1.29, 1.82) is 0 Å². The smallest absolute Gasteiger partial charge is 0.254 e. The lowest BCUT2D eigenvalue weighted by atomic mass is 10.0. The molecule has 0 aliphatic carbocycles. The fourth-order valence-electron chi connectivity index (χ4n) is 3.86. The summed E-state index contributed by atoms with van der Waals surface area (Å²) in [5.41, 5.74) is 3.40. The van der Waals surface area contributed by atoms with Crippen LogP contribution in [0.5, 0.6) is 5.75 Å². The third-order valence-electron chi connectivity index (χ3n) is 5.75. The quantitative estimate of drug-likeness (QED) is 0.677. The molecule has 0 saturated carbocycles. The molecule has 0 spiro atoms. The van der Waals surface area contributed by atoms with Crippen LogP contribution in [0.3, 0.4) is 0 Å². The predicted molar refractivity (Wildman–Crippen MR) is 123 cm³/mol. The zero-order valence-corrected chi connectivity index (χ0v) is 18.6. The summed E-state index contributed by atoms with van der Waals surface area (Å²) in [5.74, 6) is 1.49. The summed E-state index contributed by atoms with van der Waals surface area (Å²) in [7, 11) is 3.69. The first kappa shape index (κ1) is 21.1. The first-order valence-electron chi connectivity index (χ1n) is 10.6. The summed E-state index contributed by atoms with van der Waals surface area (Å²) in [6.45, 7) is 7.54. The molecule has 1 aromatic heterocycles.